The van der Waals surface area contributed by atoms with Gasteiger partial charge < -0.3 is 15.4 Å². The largest absolute Gasteiger partial charge is 0.469 e. The quantitative estimate of drug-likeness (QED) is 0.502. The van der Waals surface area contributed by atoms with Gasteiger partial charge in [-0.2, -0.15) is 0 Å². The molecule has 1 rings (SSSR count). The van der Waals surface area contributed by atoms with Gasteiger partial charge in [0.25, 0.3) is 0 Å². The Balaban J connectivity index is 1.90. The van der Waals surface area contributed by atoms with Crippen LogP contribution in [0.3, 0.4) is 0 Å². The van der Waals surface area contributed by atoms with Crippen molar-refractivity contribution < 1.29 is 14.3 Å². The zero-order valence-electron chi connectivity index (χ0n) is 11.2. The topological polar surface area (TPSA) is 67.4 Å². The van der Waals surface area contributed by atoms with Crippen LogP contribution in [0, 0.1) is 0 Å². The monoisotopic (exact) mass is 256 g/mol. The Labute approximate surface area is 109 Å². The molecule has 0 aliphatic carbocycles. The number of hydrogen-bond donors (Lipinski definition) is 2. The van der Waals surface area contributed by atoms with E-state index in [4.69, 9.17) is 0 Å². The van der Waals surface area contributed by atoms with Crippen LogP contribution in [0.1, 0.15) is 44.9 Å². The molecule has 0 radical (unpaired) electrons. The summed E-state index contributed by atoms with van der Waals surface area (Å²) < 4.78 is 4.55. The molecule has 1 saturated heterocycles. The van der Waals surface area contributed by atoms with Crippen LogP contribution in [0.4, 0.5) is 0 Å². The van der Waals surface area contributed by atoms with Gasteiger partial charge in [0.05, 0.1) is 7.11 Å². The summed E-state index contributed by atoms with van der Waals surface area (Å²) in [5.41, 5.74) is 0. The minimum atomic E-state index is -0.161. The van der Waals surface area contributed by atoms with Crippen LogP contribution in [0.15, 0.2) is 0 Å². The van der Waals surface area contributed by atoms with Crippen molar-refractivity contribution >= 4 is 11.9 Å². The molecule has 104 valence electrons. The Bertz CT molecular complexity index is 263. The lowest BCUT2D eigenvalue weighted by Crippen LogP contribution is -2.32. The number of hydrogen-bond acceptors (Lipinski definition) is 4. The van der Waals surface area contributed by atoms with E-state index in [1.807, 2.05) is 0 Å². The lowest BCUT2D eigenvalue weighted by atomic mass is 10.1. The number of methoxy groups -OCH3 is 1. The lowest BCUT2D eigenvalue weighted by Gasteiger charge is -2.10. The molecule has 0 spiro atoms. The second-order valence-electron chi connectivity index (χ2n) is 4.73. The van der Waals surface area contributed by atoms with Crippen LogP contribution in [-0.4, -0.2) is 38.1 Å². The van der Waals surface area contributed by atoms with Crippen molar-refractivity contribution in [1.82, 2.24) is 10.6 Å². The van der Waals surface area contributed by atoms with E-state index in [1.165, 1.54) is 13.5 Å². The second-order valence-corrected chi connectivity index (χ2v) is 4.73. The van der Waals surface area contributed by atoms with Crippen molar-refractivity contribution in [1.29, 1.82) is 0 Å². The fourth-order valence-corrected chi connectivity index (χ4v) is 2.13. The second kappa shape index (κ2) is 8.91. The van der Waals surface area contributed by atoms with Crippen LogP contribution in [0.5, 0.6) is 0 Å². The van der Waals surface area contributed by atoms with Crippen molar-refractivity contribution in [3.8, 4) is 0 Å². The molecule has 1 aliphatic heterocycles. The third-order valence-electron chi connectivity index (χ3n) is 3.20. The summed E-state index contributed by atoms with van der Waals surface area (Å²) in [5, 5.41) is 6.22. The molecule has 1 heterocycles. The van der Waals surface area contributed by atoms with Gasteiger partial charge in [-0.05, 0) is 32.2 Å². The number of ether oxygens (including phenoxy) is 1. The Morgan fingerprint density at radius 2 is 2.17 bits per heavy atom. The van der Waals surface area contributed by atoms with Crippen LogP contribution in [0.2, 0.25) is 0 Å². The number of unbranched alkanes of at least 4 members (excludes halogenated alkanes) is 2. The maximum absolute atomic E-state index is 11.6. The Hall–Kier alpha value is -1.10. The van der Waals surface area contributed by atoms with E-state index in [2.05, 4.69) is 15.4 Å². The first-order valence-corrected chi connectivity index (χ1v) is 6.79. The molecule has 1 unspecified atom stereocenters. The van der Waals surface area contributed by atoms with Gasteiger partial charge in [-0.25, -0.2) is 0 Å². The number of carbonyl (C=O) groups excluding carboxylic acids is 2. The number of amides is 1. The Morgan fingerprint density at radius 3 is 2.83 bits per heavy atom. The third kappa shape index (κ3) is 6.59. The first-order chi connectivity index (χ1) is 8.72. The summed E-state index contributed by atoms with van der Waals surface area (Å²) in [5.74, 6) is -0.0336. The summed E-state index contributed by atoms with van der Waals surface area (Å²) in [6.07, 6.45) is 6.02. The third-order valence-corrected chi connectivity index (χ3v) is 3.20. The summed E-state index contributed by atoms with van der Waals surface area (Å²) in [6, 6.07) is 0.365. The maximum Gasteiger partial charge on any atom is 0.305 e. The summed E-state index contributed by atoms with van der Waals surface area (Å²) in [6.45, 7) is 1.73. The Morgan fingerprint density at radius 1 is 1.33 bits per heavy atom. The average molecular weight is 256 g/mol. The molecule has 0 aromatic carbocycles. The molecule has 0 aromatic rings. The SMILES string of the molecule is COC(=O)CCCCCNC(=O)CC1CCCN1. The molecule has 1 fully saturated rings. The summed E-state index contributed by atoms with van der Waals surface area (Å²) in [4.78, 5) is 22.4. The van der Waals surface area contributed by atoms with Gasteiger partial charge in [-0.15, -0.1) is 0 Å². The van der Waals surface area contributed by atoms with Crippen LogP contribution in [-0.2, 0) is 14.3 Å². The highest BCUT2D eigenvalue weighted by Crippen LogP contribution is 2.08. The molecule has 5 nitrogen and oxygen atoms in total. The lowest BCUT2D eigenvalue weighted by molar-refractivity contribution is -0.140. The smallest absolute Gasteiger partial charge is 0.305 e. The highest BCUT2D eigenvalue weighted by Gasteiger charge is 2.16. The molecule has 1 atom stereocenters. The Kier molecular flexibility index (Phi) is 7.41. The van der Waals surface area contributed by atoms with Gasteiger partial charge >= 0.3 is 5.97 Å². The van der Waals surface area contributed by atoms with Crippen molar-refractivity contribution in [3.63, 3.8) is 0 Å². The summed E-state index contributed by atoms with van der Waals surface area (Å²) >= 11 is 0. The van der Waals surface area contributed by atoms with Crippen LogP contribution >= 0.6 is 0 Å². The van der Waals surface area contributed by atoms with Crippen LogP contribution in [0.25, 0.3) is 0 Å². The fraction of sp³-hybridized carbons (Fsp3) is 0.846. The van der Waals surface area contributed by atoms with Gasteiger partial charge in [0, 0.05) is 25.4 Å². The molecule has 5 heteroatoms. The predicted molar refractivity (Wildman–Crippen MR) is 69.1 cm³/mol. The van der Waals surface area contributed by atoms with Gasteiger partial charge in [0.15, 0.2) is 0 Å². The molecular weight excluding hydrogens is 232 g/mol. The number of esters is 1. The number of nitrogens with one attached hydrogen (secondary N) is 2. The summed E-state index contributed by atoms with van der Waals surface area (Å²) in [7, 11) is 1.40. The van der Waals surface area contributed by atoms with Crippen molar-refractivity contribution in [2.75, 3.05) is 20.2 Å². The molecule has 18 heavy (non-hydrogen) atoms. The van der Waals surface area contributed by atoms with Crippen LogP contribution < -0.4 is 10.6 Å². The minimum Gasteiger partial charge on any atom is -0.469 e. The maximum atomic E-state index is 11.6. The zero-order chi connectivity index (χ0) is 13.2. The van der Waals surface area contributed by atoms with Gasteiger partial charge in [0.1, 0.15) is 0 Å². The first kappa shape index (κ1) is 15.0. The van der Waals surface area contributed by atoms with E-state index >= 15 is 0 Å². The van der Waals surface area contributed by atoms with E-state index in [1.54, 1.807) is 0 Å². The molecule has 0 bridgehead atoms. The fourth-order valence-electron chi connectivity index (χ4n) is 2.13. The normalized spacial score (nSPS) is 18.6. The first-order valence-electron chi connectivity index (χ1n) is 6.79. The molecular formula is C13H24N2O3. The molecule has 1 amide bonds. The predicted octanol–water partition coefficient (Wildman–Crippen LogP) is 0.978. The van der Waals surface area contributed by atoms with Gasteiger partial charge in [-0.1, -0.05) is 6.42 Å². The van der Waals surface area contributed by atoms with Crippen molar-refractivity contribution in [2.24, 2.45) is 0 Å². The highest BCUT2D eigenvalue weighted by molar-refractivity contribution is 5.76. The highest BCUT2D eigenvalue weighted by atomic mass is 16.5. The zero-order valence-corrected chi connectivity index (χ0v) is 11.2. The van der Waals surface area contributed by atoms with E-state index in [9.17, 15) is 9.59 Å². The molecule has 0 aromatic heterocycles. The van der Waals surface area contributed by atoms with Crippen molar-refractivity contribution in [2.45, 2.75) is 51.0 Å². The standard InChI is InChI=1S/C13H24N2O3/c1-18-13(17)7-3-2-4-8-15-12(16)10-11-6-5-9-14-11/h11,14H,2-10H2,1H3,(H,15,16). The minimum absolute atomic E-state index is 0.127. The van der Waals surface area contributed by atoms with E-state index in [-0.39, 0.29) is 11.9 Å². The molecule has 0 saturated carbocycles. The average Bonchev–Trinajstić information content (AvgIpc) is 2.85. The molecule has 2 N–H and O–H groups in total. The number of rotatable bonds is 8. The molecule has 1 aliphatic rings. The van der Waals surface area contributed by atoms with Crippen molar-refractivity contribution in [3.05, 3.63) is 0 Å². The van der Waals surface area contributed by atoms with E-state index in [0.29, 0.717) is 25.4 Å². The van der Waals surface area contributed by atoms with E-state index < -0.39 is 0 Å². The van der Waals surface area contributed by atoms with Gasteiger partial charge in [-0.3, -0.25) is 9.59 Å². The van der Waals surface area contributed by atoms with Gasteiger partial charge in [0.2, 0.25) is 5.91 Å². The van der Waals surface area contributed by atoms with E-state index in [0.717, 1.165) is 32.2 Å². The number of carbonyl (C=O) groups is 2.